The zero-order valence-electron chi connectivity index (χ0n) is 10.5. The normalized spacial score (nSPS) is 40.6. The van der Waals surface area contributed by atoms with Crippen molar-refractivity contribution in [2.24, 2.45) is 17.3 Å². The topological polar surface area (TPSA) is 0 Å². The lowest BCUT2D eigenvalue weighted by Gasteiger charge is -2.47. The van der Waals surface area contributed by atoms with Crippen molar-refractivity contribution in [1.82, 2.24) is 0 Å². The molecule has 0 spiro atoms. The number of rotatable bonds is 1. The van der Waals surface area contributed by atoms with Gasteiger partial charge in [-0.15, -0.1) is 0 Å². The molecule has 0 heteroatoms. The van der Waals surface area contributed by atoms with Gasteiger partial charge in [0.05, 0.1) is 0 Å². The van der Waals surface area contributed by atoms with Crippen molar-refractivity contribution in [1.29, 1.82) is 0 Å². The Labute approximate surface area is 94.5 Å². The second-order valence-corrected chi connectivity index (χ2v) is 5.91. The first kappa shape index (κ1) is 11.0. The molecule has 84 valence electrons. The SMILES string of the molecule is C=C(C)C1CCC2=CCC[C@@H](C)[C@]2(C)C1. The molecular weight excluding hydrogens is 180 g/mol. The summed E-state index contributed by atoms with van der Waals surface area (Å²) >= 11 is 0. The average molecular weight is 204 g/mol. The lowest BCUT2D eigenvalue weighted by molar-refractivity contribution is 0.151. The van der Waals surface area contributed by atoms with Crippen LogP contribution in [0.4, 0.5) is 0 Å². The van der Waals surface area contributed by atoms with Crippen LogP contribution in [0.3, 0.4) is 0 Å². The molecule has 0 aromatic heterocycles. The van der Waals surface area contributed by atoms with Gasteiger partial charge < -0.3 is 0 Å². The number of fused-ring (bicyclic) bond motifs is 1. The number of allylic oxidation sites excluding steroid dienone is 3. The lowest BCUT2D eigenvalue weighted by atomic mass is 9.58. The van der Waals surface area contributed by atoms with Gasteiger partial charge in [-0.2, -0.15) is 0 Å². The molecule has 1 fully saturated rings. The minimum atomic E-state index is 0.486. The molecule has 0 amide bonds. The summed E-state index contributed by atoms with van der Waals surface area (Å²) in [7, 11) is 0. The zero-order chi connectivity index (χ0) is 11.1. The molecule has 0 bridgehead atoms. The van der Waals surface area contributed by atoms with Crippen molar-refractivity contribution < 1.29 is 0 Å². The van der Waals surface area contributed by atoms with E-state index in [0.29, 0.717) is 5.41 Å². The highest BCUT2D eigenvalue weighted by atomic mass is 14.5. The Morgan fingerprint density at radius 2 is 2.20 bits per heavy atom. The minimum Gasteiger partial charge on any atom is -0.0999 e. The highest BCUT2D eigenvalue weighted by molar-refractivity contribution is 5.23. The van der Waals surface area contributed by atoms with Crippen LogP contribution in [-0.2, 0) is 0 Å². The fourth-order valence-electron chi connectivity index (χ4n) is 3.46. The largest absolute Gasteiger partial charge is 0.0999 e. The molecule has 0 aromatic carbocycles. The van der Waals surface area contributed by atoms with Gasteiger partial charge >= 0.3 is 0 Å². The third-order valence-electron chi connectivity index (χ3n) is 4.94. The molecule has 0 aromatic rings. The summed E-state index contributed by atoms with van der Waals surface area (Å²) in [4.78, 5) is 0. The lowest BCUT2D eigenvalue weighted by Crippen LogP contribution is -2.36. The summed E-state index contributed by atoms with van der Waals surface area (Å²) in [6, 6.07) is 0. The highest BCUT2D eigenvalue weighted by Crippen LogP contribution is 2.53. The van der Waals surface area contributed by atoms with E-state index < -0.39 is 0 Å². The van der Waals surface area contributed by atoms with E-state index in [9.17, 15) is 0 Å². The molecule has 0 radical (unpaired) electrons. The third kappa shape index (κ3) is 1.79. The first-order valence-electron chi connectivity index (χ1n) is 6.39. The van der Waals surface area contributed by atoms with Crippen LogP contribution in [0, 0.1) is 17.3 Å². The molecule has 0 N–H and O–H groups in total. The monoisotopic (exact) mass is 204 g/mol. The summed E-state index contributed by atoms with van der Waals surface area (Å²) in [6.45, 7) is 11.3. The first-order valence-corrected chi connectivity index (χ1v) is 6.39. The average Bonchev–Trinajstić information content (AvgIpc) is 2.19. The Hall–Kier alpha value is -0.520. The summed E-state index contributed by atoms with van der Waals surface area (Å²) in [6.07, 6.45) is 9.21. The Bertz CT molecular complexity index is 297. The van der Waals surface area contributed by atoms with E-state index in [4.69, 9.17) is 0 Å². The molecule has 3 atom stereocenters. The van der Waals surface area contributed by atoms with Gasteiger partial charge in [0, 0.05) is 0 Å². The summed E-state index contributed by atoms with van der Waals surface area (Å²) in [5.41, 5.74) is 3.63. The van der Waals surface area contributed by atoms with Crippen LogP contribution in [0.1, 0.15) is 52.9 Å². The summed E-state index contributed by atoms with van der Waals surface area (Å²) < 4.78 is 0. The van der Waals surface area contributed by atoms with E-state index in [1.807, 2.05) is 0 Å². The molecule has 2 aliphatic carbocycles. The molecule has 2 rings (SSSR count). The second kappa shape index (κ2) is 3.81. The number of hydrogen-bond acceptors (Lipinski definition) is 0. The molecule has 2 aliphatic rings. The van der Waals surface area contributed by atoms with Gasteiger partial charge in [0.1, 0.15) is 0 Å². The van der Waals surface area contributed by atoms with Crippen LogP contribution < -0.4 is 0 Å². The molecular formula is C15H24. The molecule has 15 heavy (non-hydrogen) atoms. The van der Waals surface area contributed by atoms with Gasteiger partial charge in [0.2, 0.25) is 0 Å². The second-order valence-electron chi connectivity index (χ2n) is 5.91. The van der Waals surface area contributed by atoms with E-state index in [0.717, 1.165) is 11.8 Å². The quantitative estimate of drug-likeness (QED) is 0.542. The molecule has 0 nitrogen and oxygen atoms in total. The Morgan fingerprint density at radius 1 is 1.47 bits per heavy atom. The molecule has 0 saturated heterocycles. The first-order chi connectivity index (χ1) is 7.04. The maximum atomic E-state index is 4.15. The van der Waals surface area contributed by atoms with Gasteiger partial charge in [0.15, 0.2) is 0 Å². The molecule has 1 saturated carbocycles. The Kier molecular flexibility index (Phi) is 2.79. The van der Waals surface area contributed by atoms with E-state index in [2.05, 4.69) is 33.4 Å². The van der Waals surface area contributed by atoms with Crippen molar-refractivity contribution in [3.05, 3.63) is 23.8 Å². The summed E-state index contributed by atoms with van der Waals surface area (Å²) in [5.74, 6) is 1.63. The molecule has 0 heterocycles. The maximum absolute atomic E-state index is 4.15. The fraction of sp³-hybridized carbons (Fsp3) is 0.733. The van der Waals surface area contributed by atoms with Crippen molar-refractivity contribution in [3.63, 3.8) is 0 Å². The van der Waals surface area contributed by atoms with Crippen LogP contribution >= 0.6 is 0 Å². The molecule has 1 unspecified atom stereocenters. The highest BCUT2D eigenvalue weighted by Gasteiger charge is 2.41. The Morgan fingerprint density at radius 3 is 2.87 bits per heavy atom. The van der Waals surface area contributed by atoms with Gasteiger partial charge in [-0.1, -0.05) is 37.6 Å². The van der Waals surface area contributed by atoms with Crippen molar-refractivity contribution in [3.8, 4) is 0 Å². The Balaban J connectivity index is 2.24. The van der Waals surface area contributed by atoms with E-state index >= 15 is 0 Å². The van der Waals surface area contributed by atoms with Crippen molar-refractivity contribution in [2.75, 3.05) is 0 Å². The summed E-state index contributed by atoms with van der Waals surface area (Å²) in [5, 5.41) is 0. The van der Waals surface area contributed by atoms with Crippen LogP contribution in [-0.4, -0.2) is 0 Å². The predicted molar refractivity (Wildman–Crippen MR) is 66.7 cm³/mol. The maximum Gasteiger partial charge on any atom is -0.00850 e. The van der Waals surface area contributed by atoms with Crippen LogP contribution in [0.25, 0.3) is 0 Å². The predicted octanol–water partition coefficient (Wildman–Crippen LogP) is 4.73. The van der Waals surface area contributed by atoms with Gasteiger partial charge in [0.25, 0.3) is 0 Å². The molecule has 0 aliphatic heterocycles. The smallest absolute Gasteiger partial charge is 0.00850 e. The van der Waals surface area contributed by atoms with Crippen LogP contribution in [0.5, 0.6) is 0 Å². The standard InChI is InChI=1S/C15H24/c1-11(2)13-8-9-14-7-5-6-12(3)15(14,4)10-13/h7,12-13H,1,5-6,8-10H2,2-4H3/t12-,13?,15+/m1/s1. The van der Waals surface area contributed by atoms with E-state index in [-0.39, 0.29) is 0 Å². The van der Waals surface area contributed by atoms with Crippen molar-refractivity contribution in [2.45, 2.75) is 52.9 Å². The number of hydrogen-bond donors (Lipinski definition) is 0. The minimum absolute atomic E-state index is 0.486. The van der Waals surface area contributed by atoms with E-state index in [1.165, 1.54) is 37.7 Å². The van der Waals surface area contributed by atoms with Gasteiger partial charge in [-0.25, -0.2) is 0 Å². The van der Waals surface area contributed by atoms with Crippen LogP contribution in [0.15, 0.2) is 23.8 Å². The zero-order valence-corrected chi connectivity index (χ0v) is 10.5. The third-order valence-corrected chi connectivity index (χ3v) is 4.94. The van der Waals surface area contributed by atoms with Gasteiger partial charge in [-0.3, -0.25) is 0 Å². The van der Waals surface area contributed by atoms with Crippen molar-refractivity contribution >= 4 is 0 Å². The van der Waals surface area contributed by atoms with Crippen LogP contribution in [0.2, 0.25) is 0 Å². The van der Waals surface area contributed by atoms with E-state index in [1.54, 1.807) is 5.57 Å². The van der Waals surface area contributed by atoms with Gasteiger partial charge in [-0.05, 0) is 56.3 Å². The fourth-order valence-corrected chi connectivity index (χ4v) is 3.46.